The van der Waals surface area contributed by atoms with E-state index in [1.165, 1.54) is 0 Å². The molecule has 1 unspecified atom stereocenters. The number of carbonyl (C=O) groups is 2. The maximum absolute atomic E-state index is 12.7. The molecule has 2 amide bonds. The zero-order valence-corrected chi connectivity index (χ0v) is 13.6. The molecule has 2 atom stereocenters. The molecule has 23 heavy (non-hydrogen) atoms. The van der Waals surface area contributed by atoms with E-state index in [9.17, 15) is 9.59 Å². The van der Waals surface area contributed by atoms with Crippen LogP contribution in [0.1, 0.15) is 13.3 Å². The van der Waals surface area contributed by atoms with Crippen molar-refractivity contribution in [3.63, 3.8) is 0 Å². The van der Waals surface area contributed by atoms with Gasteiger partial charge in [0.25, 0.3) is 0 Å². The molecule has 0 saturated carbocycles. The van der Waals surface area contributed by atoms with E-state index in [-0.39, 0.29) is 23.8 Å². The number of nitrogens with zero attached hydrogens (tertiary/aromatic N) is 2. The molecule has 2 fully saturated rings. The van der Waals surface area contributed by atoms with Gasteiger partial charge in [0, 0.05) is 44.3 Å². The van der Waals surface area contributed by atoms with Gasteiger partial charge in [0.2, 0.25) is 11.8 Å². The molecule has 0 spiro atoms. The predicted octanol–water partition coefficient (Wildman–Crippen LogP) is 0.868. The molecule has 1 aromatic carbocycles. The quantitative estimate of drug-likeness (QED) is 0.898. The van der Waals surface area contributed by atoms with E-state index in [0.717, 1.165) is 24.5 Å². The normalized spacial score (nSPS) is 24.9. The number of amides is 2. The number of ether oxygens (including phenoxy) is 1. The Morgan fingerprint density at radius 3 is 2.70 bits per heavy atom. The largest absolute Gasteiger partial charge is 0.497 e. The minimum atomic E-state index is -0.245. The minimum absolute atomic E-state index is 0.0105. The van der Waals surface area contributed by atoms with E-state index in [1.54, 1.807) is 12.0 Å². The third-order valence-electron chi connectivity index (χ3n) is 4.64. The number of benzene rings is 1. The van der Waals surface area contributed by atoms with Gasteiger partial charge in [-0.2, -0.15) is 0 Å². The lowest BCUT2D eigenvalue weighted by atomic mass is 10.1. The highest BCUT2D eigenvalue weighted by Crippen LogP contribution is 2.28. The lowest BCUT2D eigenvalue weighted by Gasteiger charge is -2.35. The maximum Gasteiger partial charge on any atom is 0.228 e. The third kappa shape index (κ3) is 3.17. The van der Waals surface area contributed by atoms with Crippen molar-refractivity contribution in [2.75, 3.05) is 38.2 Å². The van der Waals surface area contributed by atoms with Gasteiger partial charge in [0.1, 0.15) is 5.75 Å². The van der Waals surface area contributed by atoms with Gasteiger partial charge in [-0.1, -0.05) is 0 Å². The summed E-state index contributed by atoms with van der Waals surface area (Å²) in [6, 6.07) is 7.56. The van der Waals surface area contributed by atoms with E-state index < -0.39 is 0 Å². The molecular formula is C17H23N3O3. The van der Waals surface area contributed by atoms with Crippen LogP contribution in [0.15, 0.2) is 24.3 Å². The van der Waals surface area contributed by atoms with Crippen LogP contribution >= 0.6 is 0 Å². The van der Waals surface area contributed by atoms with Crippen molar-refractivity contribution in [3.05, 3.63) is 24.3 Å². The highest BCUT2D eigenvalue weighted by Gasteiger charge is 2.38. The van der Waals surface area contributed by atoms with Gasteiger partial charge >= 0.3 is 0 Å². The summed E-state index contributed by atoms with van der Waals surface area (Å²) in [6.07, 6.45) is 0.293. The van der Waals surface area contributed by atoms with Crippen LogP contribution in [0.5, 0.6) is 5.75 Å². The van der Waals surface area contributed by atoms with Crippen molar-refractivity contribution in [1.29, 1.82) is 0 Å². The fraction of sp³-hybridized carbons (Fsp3) is 0.529. The predicted molar refractivity (Wildman–Crippen MR) is 87.5 cm³/mol. The number of hydrogen-bond donors (Lipinski definition) is 1. The number of anilines is 1. The lowest BCUT2D eigenvalue weighted by Crippen LogP contribution is -2.54. The molecule has 0 aromatic heterocycles. The van der Waals surface area contributed by atoms with Gasteiger partial charge in [0.05, 0.1) is 13.0 Å². The Kier molecular flexibility index (Phi) is 4.52. The van der Waals surface area contributed by atoms with Crippen molar-refractivity contribution in [2.45, 2.75) is 19.4 Å². The van der Waals surface area contributed by atoms with Crippen LogP contribution in [-0.4, -0.2) is 56.0 Å². The number of carbonyl (C=O) groups excluding carboxylic acids is 2. The Hall–Kier alpha value is -2.08. The van der Waals surface area contributed by atoms with Crippen LogP contribution in [0.25, 0.3) is 0 Å². The summed E-state index contributed by atoms with van der Waals surface area (Å²) < 4.78 is 5.14. The molecule has 0 radical (unpaired) electrons. The van der Waals surface area contributed by atoms with Crippen LogP contribution in [0.3, 0.4) is 0 Å². The Balaban J connectivity index is 1.70. The first-order chi connectivity index (χ1) is 11.1. The van der Waals surface area contributed by atoms with Crippen molar-refractivity contribution >= 4 is 17.5 Å². The molecule has 2 saturated heterocycles. The summed E-state index contributed by atoms with van der Waals surface area (Å²) in [5, 5.41) is 3.28. The van der Waals surface area contributed by atoms with Gasteiger partial charge in [-0.05, 0) is 31.2 Å². The SMILES string of the molecule is COc1ccc(N2CC(C(=O)N3CCNC[C@@H]3C)CC2=O)cc1. The summed E-state index contributed by atoms with van der Waals surface area (Å²) in [5.41, 5.74) is 0.819. The number of nitrogens with one attached hydrogen (secondary N) is 1. The van der Waals surface area contributed by atoms with Crippen LogP contribution < -0.4 is 15.0 Å². The highest BCUT2D eigenvalue weighted by molar-refractivity contribution is 6.00. The molecule has 3 rings (SSSR count). The van der Waals surface area contributed by atoms with Crippen molar-refractivity contribution in [3.8, 4) is 5.75 Å². The number of piperazine rings is 1. The standard InChI is InChI=1S/C17H23N3O3/c1-12-10-18-7-8-19(12)17(22)13-9-16(21)20(11-13)14-3-5-15(23-2)6-4-14/h3-6,12-13,18H,7-11H2,1-2H3/t12-,13?/m0/s1. The second-order valence-corrected chi connectivity index (χ2v) is 6.19. The van der Waals surface area contributed by atoms with Gasteiger partial charge in [-0.25, -0.2) is 0 Å². The Morgan fingerprint density at radius 2 is 2.04 bits per heavy atom. The first kappa shape index (κ1) is 15.8. The first-order valence-electron chi connectivity index (χ1n) is 8.05. The summed E-state index contributed by atoms with van der Waals surface area (Å²) >= 11 is 0. The molecule has 2 heterocycles. The van der Waals surface area contributed by atoms with Crippen molar-refractivity contribution < 1.29 is 14.3 Å². The average molecular weight is 317 g/mol. The fourth-order valence-electron chi connectivity index (χ4n) is 3.29. The molecular weight excluding hydrogens is 294 g/mol. The average Bonchev–Trinajstić information content (AvgIpc) is 2.96. The molecule has 1 aromatic rings. The van der Waals surface area contributed by atoms with E-state index in [2.05, 4.69) is 5.32 Å². The lowest BCUT2D eigenvalue weighted by molar-refractivity contribution is -0.138. The Bertz CT molecular complexity index is 587. The van der Waals surface area contributed by atoms with Gasteiger partial charge < -0.3 is 19.9 Å². The summed E-state index contributed by atoms with van der Waals surface area (Å²) in [7, 11) is 1.61. The smallest absolute Gasteiger partial charge is 0.228 e. The number of methoxy groups -OCH3 is 1. The zero-order valence-electron chi connectivity index (χ0n) is 13.6. The Morgan fingerprint density at radius 1 is 1.30 bits per heavy atom. The summed E-state index contributed by atoms with van der Waals surface area (Å²) in [4.78, 5) is 28.7. The molecule has 2 aliphatic rings. The van der Waals surface area contributed by atoms with Crippen LogP contribution in [0, 0.1) is 5.92 Å². The van der Waals surface area contributed by atoms with Crippen LogP contribution in [0.2, 0.25) is 0 Å². The maximum atomic E-state index is 12.7. The van der Waals surface area contributed by atoms with Gasteiger partial charge in [0.15, 0.2) is 0 Å². The highest BCUT2D eigenvalue weighted by atomic mass is 16.5. The van der Waals surface area contributed by atoms with Crippen molar-refractivity contribution in [2.24, 2.45) is 5.92 Å². The molecule has 1 N–H and O–H groups in total. The van der Waals surface area contributed by atoms with E-state index >= 15 is 0 Å². The number of rotatable bonds is 3. The topological polar surface area (TPSA) is 61.9 Å². The first-order valence-corrected chi connectivity index (χ1v) is 8.05. The molecule has 6 nitrogen and oxygen atoms in total. The molecule has 0 bridgehead atoms. The molecule has 124 valence electrons. The van der Waals surface area contributed by atoms with Crippen LogP contribution in [0.4, 0.5) is 5.69 Å². The molecule has 0 aliphatic carbocycles. The monoisotopic (exact) mass is 317 g/mol. The third-order valence-corrected chi connectivity index (χ3v) is 4.64. The Labute approximate surface area is 136 Å². The van der Waals surface area contributed by atoms with Crippen LogP contribution in [-0.2, 0) is 9.59 Å². The summed E-state index contributed by atoms with van der Waals surface area (Å²) in [6.45, 7) is 4.85. The van der Waals surface area contributed by atoms with Gasteiger partial charge in [-0.15, -0.1) is 0 Å². The fourth-order valence-corrected chi connectivity index (χ4v) is 3.29. The van der Waals surface area contributed by atoms with E-state index in [0.29, 0.717) is 19.5 Å². The van der Waals surface area contributed by atoms with E-state index in [4.69, 9.17) is 4.74 Å². The van der Waals surface area contributed by atoms with Crippen molar-refractivity contribution in [1.82, 2.24) is 10.2 Å². The van der Waals surface area contributed by atoms with E-state index in [1.807, 2.05) is 36.1 Å². The second-order valence-electron chi connectivity index (χ2n) is 6.19. The second kappa shape index (κ2) is 6.58. The minimum Gasteiger partial charge on any atom is -0.497 e. The van der Waals surface area contributed by atoms with Gasteiger partial charge in [-0.3, -0.25) is 9.59 Å². The summed E-state index contributed by atoms with van der Waals surface area (Å²) in [5.74, 6) is 0.618. The number of hydrogen-bond acceptors (Lipinski definition) is 4. The molecule has 6 heteroatoms. The molecule has 2 aliphatic heterocycles. The zero-order chi connectivity index (χ0) is 16.4.